The average Bonchev–Trinajstić information content (AvgIpc) is 2.47. The number of carbonyl (C=O) groups is 1. The number of ether oxygens (including phenoxy) is 1. The molecule has 22 heavy (non-hydrogen) atoms. The second-order valence-electron chi connectivity index (χ2n) is 5.45. The topological polar surface area (TPSA) is 38.3 Å². The molecule has 0 bridgehead atoms. The van der Waals surface area contributed by atoms with Crippen molar-refractivity contribution in [2.45, 2.75) is 27.7 Å². The van der Waals surface area contributed by atoms with Crippen LogP contribution in [0.25, 0.3) is 0 Å². The molecule has 1 N–H and O–H groups in total. The highest BCUT2D eigenvalue weighted by Crippen LogP contribution is 2.25. The Morgan fingerprint density at radius 2 is 1.68 bits per heavy atom. The minimum absolute atomic E-state index is 0.0311. The summed E-state index contributed by atoms with van der Waals surface area (Å²) in [4.78, 5) is 12.0. The summed E-state index contributed by atoms with van der Waals surface area (Å²) < 4.78 is 5.69. The van der Waals surface area contributed by atoms with Gasteiger partial charge in [0, 0.05) is 10.7 Å². The van der Waals surface area contributed by atoms with E-state index in [2.05, 4.69) is 5.32 Å². The van der Waals surface area contributed by atoms with Crippen LogP contribution in [0.5, 0.6) is 5.75 Å². The van der Waals surface area contributed by atoms with E-state index in [4.69, 9.17) is 16.3 Å². The van der Waals surface area contributed by atoms with E-state index < -0.39 is 0 Å². The number of hydrogen-bond acceptors (Lipinski definition) is 2. The van der Waals surface area contributed by atoms with Gasteiger partial charge < -0.3 is 10.1 Å². The summed E-state index contributed by atoms with van der Waals surface area (Å²) in [7, 11) is 0. The Balaban J connectivity index is 2.01. The lowest BCUT2D eigenvalue weighted by molar-refractivity contribution is -0.118. The van der Waals surface area contributed by atoms with Crippen molar-refractivity contribution in [3.05, 3.63) is 57.6 Å². The van der Waals surface area contributed by atoms with Gasteiger partial charge in [-0.15, -0.1) is 0 Å². The number of carbonyl (C=O) groups excluding carboxylic acids is 1. The fourth-order valence-electron chi connectivity index (χ4n) is 2.15. The Hall–Kier alpha value is -2.00. The summed E-state index contributed by atoms with van der Waals surface area (Å²) in [5.74, 6) is 0.567. The molecule has 2 aromatic rings. The number of anilines is 1. The SMILES string of the molecule is Cc1ccc(NC(=O)COc2c(C)ccc(C)c2C)cc1Cl. The van der Waals surface area contributed by atoms with E-state index in [-0.39, 0.29) is 12.5 Å². The number of nitrogens with one attached hydrogen (secondary N) is 1. The molecule has 0 atom stereocenters. The summed E-state index contributed by atoms with van der Waals surface area (Å²) in [6.45, 7) is 7.88. The minimum atomic E-state index is -0.208. The normalized spacial score (nSPS) is 10.4. The molecule has 4 heteroatoms. The molecule has 0 radical (unpaired) electrons. The first-order chi connectivity index (χ1) is 10.4. The van der Waals surface area contributed by atoms with Crippen molar-refractivity contribution in [2.24, 2.45) is 0 Å². The monoisotopic (exact) mass is 317 g/mol. The van der Waals surface area contributed by atoms with E-state index in [1.54, 1.807) is 6.07 Å². The average molecular weight is 318 g/mol. The van der Waals surface area contributed by atoms with Crippen molar-refractivity contribution in [1.29, 1.82) is 0 Å². The van der Waals surface area contributed by atoms with Gasteiger partial charge in [0.2, 0.25) is 0 Å². The highest BCUT2D eigenvalue weighted by atomic mass is 35.5. The molecule has 0 saturated carbocycles. The lowest BCUT2D eigenvalue weighted by atomic mass is 10.1. The fraction of sp³-hybridized carbons (Fsp3) is 0.278. The predicted molar refractivity (Wildman–Crippen MR) is 91.0 cm³/mol. The Morgan fingerprint density at radius 1 is 1.05 bits per heavy atom. The number of rotatable bonds is 4. The van der Waals surface area contributed by atoms with E-state index in [1.165, 1.54) is 0 Å². The molecule has 0 saturated heterocycles. The van der Waals surface area contributed by atoms with E-state index in [0.717, 1.165) is 28.0 Å². The molecule has 116 valence electrons. The highest BCUT2D eigenvalue weighted by Gasteiger charge is 2.10. The Morgan fingerprint density at radius 3 is 2.36 bits per heavy atom. The van der Waals surface area contributed by atoms with Crippen LogP contribution in [-0.2, 0) is 4.79 Å². The predicted octanol–water partition coefficient (Wildman–Crippen LogP) is 4.59. The van der Waals surface area contributed by atoms with Crippen LogP contribution in [0.2, 0.25) is 5.02 Å². The maximum atomic E-state index is 12.0. The van der Waals surface area contributed by atoms with Gasteiger partial charge in [0.05, 0.1) is 0 Å². The third-order valence-corrected chi connectivity index (χ3v) is 4.08. The highest BCUT2D eigenvalue weighted by molar-refractivity contribution is 6.31. The zero-order valence-corrected chi connectivity index (χ0v) is 14.0. The van der Waals surface area contributed by atoms with Gasteiger partial charge >= 0.3 is 0 Å². The van der Waals surface area contributed by atoms with Crippen LogP contribution >= 0.6 is 11.6 Å². The van der Waals surface area contributed by atoms with Crippen LogP contribution in [-0.4, -0.2) is 12.5 Å². The van der Waals surface area contributed by atoms with Crippen molar-refractivity contribution < 1.29 is 9.53 Å². The molecule has 1 amide bonds. The quantitative estimate of drug-likeness (QED) is 0.895. The maximum Gasteiger partial charge on any atom is 0.262 e. The molecule has 0 spiro atoms. The van der Waals surface area contributed by atoms with Crippen LogP contribution in [0.15, 0.2) is 30.3 Å². The van der Waals surface area contributed by atoms with Gasteiger partial charge in [-0.1, -0.05) is 29.8 Å². The van der Waals surface area contributed by atoms with Crippen LogP contribution in [0.3, 0.4) is 0 Å². The molecule has 2 aromatic carbocycles. The van der Waals surface area contributed by atoms with E-state index in [9.17, 15) is 4.79 Å². The second-order valence-corrected chi connectivity index (χ2v) is 5.86. The van der Waals surface area contributed by atoms with Crippen molar-refractivity contribution >= 4 is 23.2 Å². The third kappa shape index (κ3) is 3.80. The number of amides is 1. The zero-order chi connectivity index (χ0) is 16.3. The molecule has 0 fully saturated rings. The van der Waals surface area contributed by atoms with E-state index >= 15 is 0 Å². The molecular weight excluding hydrogens is 298 g/mol. The molecule has 0 aliphatic carbocycles. The molecule has 3 nitrogen and oxygen atoms in total. The Bertz CT molecular complexity index is 710. The van der Waals surface area contributed by atoms with Crippen LogP contribution in [0, 0.1) is 27.7 Å². The van der Waals surface area contributed by atoms with Gasteiger partial charge in [-0.25, -0.2) is 0 Å². The summed E-state index contributed by atoms with van der Waals surface area (Å²) in [5, 5.41) is 3.41. The summed E-state index contributed by atoms with van der Waals surface area (Å²) >= 11 is 6.05. The van der Waals surface area contributed by atoms with Crippen molar-refractivity contribution in [1.82, 2.24) is 0 Å². The van der Waals surface area contributed by atoms with Gasteiger partial charge in [-0.2, -0.15) is 0 Å². The first-order valence-electron chi connectivity index (χ1n) is 7.14. The fourth-order valence-corrected chi connectivity index (χ4v) is 2.33. The van der Waals surface area contributed by atoms with Crippen LogP contribution in [0.1, 0.15) is 22.3 Å². The van der Waals surface area contributed by atoms with Gasteiger partial charge in [-0.3, -0.25) is 4.79 Å². The van der Waals surface area contributed by atoms with E-state index in [1.807, 2.05) is 52.0 Å². The maximum absolute atomic E-state index is 12.0. The zero-order valence-electron chi connectivity index (χ0n) is 13.3. The lowest BCUT2D eigenvalue weighted by Crippen LogP contribution is -2.20. The van der Waals surface area contributed by atoms with Gasteiger partial charge in [-0.05, 0) is 62.1 Å². The molecule has 0 aliphatic heterocycles. The molecule has 0 aromatic heterocycles. The molecule has 0 heterocycles. The summed E-state index contributed by atoms with van der Waals surface area (Å²) in [6.07, 6.45) is 0. The first kappa shape index (κ1) is 16.4. The van der Waals surface area contributed by atoms with Crippen LogP contribution in [0.4, 0.5) is 5.69 Å². The van der Waals surface area contributed by atoms with E-state index in [0.29, 0.717) is 10.7 Å². The smallest absolute Gasteiger partial charge is 0.262 e. The molecule has 2 rings (SSSR count). The third-order valence-electron chi connectivity index (χ3n) is 3.68. The Kier molecular flexibility index (Phi) is 5.09. The summed E-state index contributed by atoms with van der Waals surface area (Å²) in [5.41, 5.74) is 4.87. The molecular formula is C18H20ClNO2. The second kappa shape index (κ2) is 6.84. The van der Waals surface area contributed by atoms with Crippen LogP contribution < -0.4 is 10.1 Å². The van der Waals surface area contributed by atoms with Crippen molar-refractivity contribution in [3.8, 4) is 5.75 Å². The number of halogens is 1. The lowest BCUT2D eigenvalue weighted by Gasteiger charge is -2.14. The summed E-state index contributed by atoms with van der Waals surface area (Å²) in [6, 6.07) is 9.47. The van der Waals surface area contributed by atoms with Gasteiger partial charge in [0.1, 0.15) is 5.75 Å². The Labute approximate surface area is 136 Å². The standard InChI is InChI=1S/C18H20ClNO2/c1-11-5-6-13(3)18(14(11)4)22-10-17(21)20-15-8-7-12(2)16(19)9-15/h5-9H,10H2,1-4H3,(H,20,21). The van der Waals surface area contributed by atoms with Crippen molar-refractivity contribution in [3.63, 3.8) is 0 Å². The number of hydrogen-bond donors (Lipinski definition) is 1. The molecule has 0 unspecified atom stereocenters. The first-order valence-corrected chi connectivity index (χ1v) is 7.52. The molecule has 0 aliphatic rings. The minimum Gasteiger partial charge on any atom is -0.483 e. The van der Waals surface area contributed by atoms with Gasteiger partial charge in [0.15, 0.2) is 6.61 Å². The van der Waals surface area contributed by atoms with Gasteiger partial charge in [0.25, 0.3) is 5.91 Å². The van der Waals surface area contributed by atoms with Crippen molar-refractivity contribution in [2.75, 3.05) is 11.9 Å². The number of benzene rings is 2. The largest absolute Gasteiger partial charge is 0.483 e. The number of aryl methyl sites for hydroxylation is 3.